The maximum absolute atomic E-state index is 13.3. The summed E-state index contributed by atoms with van der Waals surface area (Å²) < 4.78 is 18.6. The average Bonchev–Trinajstić information content (AvgIpc) is 2.28. The second-order valence-electron chi connectivity index (χ2n) is 4.11. The van der Waals surface area contributed by atoms with Crippen LogP contribution in [0.1, 0.15) is 11.1 Å². The van der Waals surface area contributed by atoms with Crippen LogP contribution in [0.25, 0.3) is 11.1 Å². The first-order valence-corrected chi connectivity index (χ1v) is 5.53. The second kappa shape index (κ2) is 4.58. The molecule has 2 aromatic rings. The molecule has 0 aliphatic heterocycles. The van der Waals surface area contributed by atoms with Crippen molar-refractivity contribution < 1.29 is 9.13 Å². The molecule has 88 valence electrons. The van der Waals surface area contributed by atoms with E-state index >= 15 is 0 Å². The van der Waals surface area contributed by atoms with Gasteiger partial charge in [0.25, 0.3) is 0 Å². The number of benzene rings is 2. The van der Waals surface area contributed by atoms with E-state index in [2.05, 4.69) is 0 Å². The van der Waals surface area contributed by atoms with Crippen LogP contribution in [0.5, 0.6) is 5.75 Å². The Kier molecular flexibility index (Phi) is 3.14. The first-order chi connectivity index (χ1) is 8.13. The summed E-state index contributed by atoms with van der Waals surface area (Å²) in [5.74, 6) is 0.615. The Balaban J connectivity index is 2.68. The van der Waals surface area contributed by atoms with Crippen molar-refractivity contribution in [2.24, 2.45) is 0 Å². The van der Waals surface area contributed by atoms with Crippen LogP contribution >= 0.6 is 0 Å². The van der Waals surface area contributed by atoms with Crippen LogP contribution in [0.4, 0.5) is 4.39 Å². The molecule has 0 fully saturated rings. The van der Waals surface area contributed by atoms with E-state index in [9.17, 15) is 4.39 Å². The minimum atomic E-state index is -0.196. The van der Waals surface area contributed by atoms with Gasteiger partial charge in [-0.3, -0.25) is 0 Å². The van der Waals surface area contributed by atoms with Crippen LogP contribution in [0.2, 0.25) is 0 Å². The number of methoxy groups -OCH3 is 1. The molecule has 0 atom stereocenters. The van der Waals surface area contributed by atoms with Crippen LogP contribution in [0.15, 0.2) is 36.4 Å². The average molecular weight is 230 g/mol. The maximum Gasteiger partial charge on any atom is 0.126 e. The van der Waals surface area contributed by atoms with Gasteiger partial charge < -0.3 is 4.74 Å². The standard InChI is InChI=1S/C15H15FO/c1-10-8-12(16)9-11(2)15(10)13-6-4-5-7-14(13)17-3/h4-9H,1-3H3. The summed E-state index contributed by atoms with van der Waals surface area (Å²) in [6.07, 6.45) is 0. The molecule has 0 saturated heterocycles. The van der Waals surface area contributed by atoms with Crippen molar-refractivity contribution in [1.82, 2.24) is 0 Å². The zero-order valence-electron chi connectivity index (χ0n) is 10.3. The van der Waals surface area contributed by atoms with Crippen molar-refractivity contribution in [1.29, 1.82) is 0 Å². The van der Waals surface area contributed by atoms with Gasteiger partial charge in [-0.25, -0.2) is 4.39 Å². The summed E-state index contributed by atoms with van der Waals surface area (Å²) in [6, 6.07) is 10.9. The molecule has 2 rings (SSSR count). The lowest BCUT2D eigenvalue weighted by Gasteiger charge is -2.13. The molecule has 0 aliphatic carbocycles. The monoisotopic (exact) mass is 230 g/mol. The van der Waals surface area contributed by atoms with Crippen LogP contribution in [-0.2, 0) is 0 Å². The number of rotatable bonds is 2. The fraction of sp³-hybridized carbons (Fsp3) is 0.200. The molecular weight excluding hydrogens is 215 g/mol. The van der Waals surface area contributed by atoms with Crippen molar-refractivity contribution in [2.45, 2.75) is 13.8 Å². The van der Waals surface area contributed by atoms with Gasteiger partial charge in [0.2, 0.25) is 0 Å². The van der Waals surface area contributed by atoms with Gasteiger partial charge in [0, 0.05) is 5.56 Å². The molecule has 0 amide bonds. The van der Waals surface area contributed by atoms with E-state index in [1.807, 2.05) is 38.1 Å². The van der Waals surface area contributed by atoms with E-state index in [0.717, 1.165) is 28.0 Å². The molecular formula is C15H15FO. The van der Waals surface area contributed by atoms with Crippen LogP contribution in [0, 0.1) is 19.7 Å². The van der Waals surface area contributed by atoms with E-state index in [-0.39, 0.29) is 5.82 Å². The molecule has 17 heavy (non-hydrogen) atoms. The molecule has 0 N–H and O–H groups in total. The quantitative estimate of drug-likeness (QED) is 0.754. The molecule has 0 aromatic heterocycles. The molecule has 2 aromatic carbocycles. The van der Waals surface area contributed by atoms with Crippen molar-refractivity contribution in [3.8, 4) is 16.9 Å². The van der Waals surface area contributed by atoms with Crippen molar-refractivity contribution >= 4 is 0 Å². The Morgan fingerprint density at radius 2 is 1.59 bits per heavy atom. The predicted molar refractivity (Wildman–Crippen MR) is 67.9 cm³/mol. The van der Waals surface area contributed by atoms with Crippen molar-refractivity contribution in [2.75, 3.05) is 7.11 Å². The number of hydrogen-bond donors (Lipinski definition) is 0. The third kappa shape index (κ3) is 2.16. The lowest BCUT2D eigenvalue weighted by atomic mass is 9.95. The second-order valence-corrected chi connectivity index (χ2v) is 4.11. The molecule has 0 aliphatic rings. The zero-order chi connectivity index (χ0) is 12.4. The number of ether oxygens (including phenoxy) is 1. The predicted octanol–water partition coefficient (Wildman–Crippen LogP) is 4.12. The van der Waals surface area contributed by atoms with Gasteiger partial charge in [0.05, 0.1) is 7.11 Å². The molecule has 0 radical (unpaired) electrons. The highest BCUT2D eigenvalue weighted by atomic mass is 19.1. The lowest BCUT2D eigenvalue weighted by molar-refractivity contribution is 0.416. The molecule has 0 spiro atoms. The molecule has 2 heteroatoms. The number of halogens is 1. The van der Waals surface area contributed by atoms with Crippen molar-refractivity contribution in [3.05, 3.63) is 53.3 Å². The number of para-hydroxylation sites is 1. The fourth-order valence-electron chi connectivity index (χ4n) is 2.19. The Bertz CT molecular complexity index is 523. The van der Waals surface area contributed by atoms with E-state index in [1.54, 1.807) is 19.2 Å². The SMILES string of the molecule is COc1ccccc1-c1c(C)cc(F)cc1C. The number of aryl methyl sites for hydroxylation is 2. The van der Waals surface area contributed by atoms with Gasteiger partial charge >= 0.3 is 0 Å². The van der Waals surface area contributed by atoms with E-state index in [0.29, 0.717) is 0 Å². The highest BCUT2D eigenvalue weighted by Gasteiger charge is 2.11. The maximum atomic E-state index is 13.3. The van der Waals surface area contributed by atoms with Crippen LogP contribution in [0.3, 0.4) is 0 Å². The van der Waals surface area contributed by atoms with E-state index in [4.69, 9.17) is 4.74 Å². The first-order valence-electron chi connectivity index (χ1n) is 5.53. The summed E-state index contributed by atoms with van der Waals surface area (Å²) in [6.45, 7) is 3.83. The molecule has 0 saturated carbocycles. The summed E-state index contributed by atoms with van der Waals surface area (Å²) in [4.78, 5) is 0. The van der Waals surface area contributed by atoms with Gasteiger partial charge in [-0.1, -0.05) is 18.2 Å². The third-order valence-electron chi connectivity index (χ3n) is 2.87. The van der Waals surface area contributed by atoms with Gasteiger partial charge in [-0.2, -0.15) is 0 Å². The minimum Gasteiger partial charge on any atom is -0.496 e. The zero-order valence-corrected chi connectivity index (χ0v) is 10.3. The largest absolute Gasteiger partial charge is 0.496 e. The highest BCUT2D eigenvalue weighted by Crippen LogP contribution is 2.34. The fourth-order valence-corrected chi connectivity index (χ4v) is 2.19. The van der Waals surface area contributed by atoms with Gasteiger partial charge in [-0.05, 0) is 48.7 Å². The Labute approximate surface area is 101 Å². The summed E-state index contributed by atoms with van der Waals surface area (Å²) in [5, 5.41) is 0. The topological polar surface area (TPSA) is 9.23 Å². The van der Waals surface area contributed by atoms with Gasteiger partial charge in [0.15, 0.2) is 0 Å². The number of hydrogen-bond acceptors (Lipinski definition) is 1. The summed E-state index contributed by atoms with van der Waals surface area (Å²) >= 11 is 0. The smallest absolute Gasteiger partial charge is 0.126 e. The van der Waals surface area contributed by atoms with Gasteiger partial charge in [-0.15, -0.1) is 0 Å². The Morgan fingerprint density at radius 3 is 2.18 bits per heavy atom. The third-order valence-corrected chi connectivity index (χ3v) is 2.87. The van der Waals surface area contributed by atoms with E-state index < -0.39 is 0 Å². The van der Waals surface area contributed by atoms with E-state index in [1.165, 1.54) is 0 Å². The van der Waals surface area contributed by atoms with Crippen LogP contribution < -0.4 is 4.74 Å². The highest BCUT2D eigenvalue weighted by molar-refractivity contribution is 5.76. The minimum absolute atomic E-state index is 0.196. The van der Waals surface area contributed by atoms with Gasteiger partial charge in [0.1, 0.15) is 11.6 Å². The van der Waals surface area contributed by atoms with Crippen molar-refractivity contribution in [3.63, 3.8) is 0 Å². The molecule has 0 unspecified atom stereocenters. The summed E-state index contributed by atoms with van der Waals surface area (Å²) in [5.41, 5.74) is 3.90. The Morgan fingerprint density at radius 1 is 1.00 bits per heavy atom. The summed E-state index contributed by atoms with van der Waals surface area (Å²) in [7, 11) is 1.65. The van der Waals surface area contributed by atoms with Crippen LogP contribution in [-0.4, -0.2) is 7.11 Å². The molecule has 1 nitrogen and oxygen atoms in total. The molecule has 0 bridgehead atoms. The first kappa shape index (κ1) is 11.6. The Hall–Kier alpha value is -1.83. The molecule has 0 heterocycles. The normalized spacial score (nSPS) is 10.4. The lowest BCUT2D eigenvalue weighted by Crippen LogP contribution is -1.93.